The third-order valence-electron chi connectivity index (χ3n) is 4.44. The maximum atomic E-state index is 13.6. The number of rotatable bonds is 5. The van der Waals surface area contributed by atoms with Gasteiger partial charge in [0.25, 0.3) is 0 Å². The van der Waals surface area contributed by atoms with Crippen molar-refractivity contribution in [1.82, 2.24) is 10.2 Å². The third-order valence-corrected chi connectivity index (χ3v) is 5.18. The molecule has 160 valence electrons. The number of nitrogens with zero attached hydrogens (tertiary/aromatic N) is 2. The summed E-state index contributed by atoms with van der Waals surface area (Å²) >= 11 is 12.1. The van der Waals surface area contributed by atoms with Crippen LogP contribution in [-0.4, -0.2) is 34.8 Å². The van der Waals surface area contributed by atoms with E-state index in [1.807, 2.05) is 26.8 Å². The summed E-state index contributed by atoms with van der Waals surface area (Å²) in [7, 11) is 0. The van der Waals surface area contributed by atoms with E-state index in [0.29, 0.717) is 28.6 Å². The summed E-state index contributed by atoms with van der Waals surface area (Å²) in [4.78, 5) is 20.1. The highest BCUT2D eigenvalue weighted by Crippen LogP contribution is 2.26. The molecule has 2 aromatic carbocycles. The topological polar surface area (TPSA) is 53.9 Å². The lowest BCUT2D eigenvalue weighted by Gasteiger charge is -2.29. The molecule has 1 N–H and O–H groups in total. The van der Waals surface area contributed by atoms with Crippen molar-refractivity contribution in [2.45, 2.75) is 45.4 Å². The van der Waals surface area contributed by atoms with E-state index in [2.05, 4.69) is 10.5 Å². The Morgan fingerprint density at radius 3 is 2.67 bits per heavy atom. The Morgan fingerprint density at radius 1 is 1.23 bits per heavy atom. The number of urea groups is 1. The number of halogens is 3. The standard InChI is InChI=1S/C22H24Cl2FN3O2/c1-22(2,3)26-21(29)28(12-14-5-4-6-16(25)9-14)13-17-11-20(27-30-17)15-7-8-18(23)19(24)10-15/h4-10,17H,11-13H2,1-3H3,(H,26,29)/t17-/m1/s1. The molecule has 0 saturated heterocycles. The van der Waals surface area contributed by atoms with Crippen LogP contribution in [-0.2, 0) is 11.4 Å². The maximum absolute atomic E-state index is 13.6. The van der Waals surface area contributed by atoms with Gasteiger partial charge in [-0.1, -0.05) is 46.6 Å². The normalized spacial score (nSPS) is 16.1. The Morgan fingerprint density at radius 2 is 2.00 bits per heavy atom. The summed E-state index contributed by atoms with van der Waals surface area (Å²) in [5, 5.41) is 8.03. The minimum absolute atomic E-state index is 0.252. The molecule has 0 bridgehead atoms. The van der Waals surface area contributed by atoms with E-state index in [-0.39, 0.29) is 24.5 Å². The lowest BCUT2D eigenvalue weighted by molar-refractivity contribution is 0.0580. The third kappa shape index (κ3) is 6.09. The predicted octanol–water partition coefficient (Wildman–Crippen LogP) is 5.64. The first kappa shape index (κ1) is 22.4. The van der Waals surface area contributed by atoms with Gasteiger partial charge in [-0.05, 0) is 50.6 Å². The number of nitrogens with one attached hydrogen (secondary N) is 1. The number of hydrogen-bond acceptors (Lipinski definition) is 3. The molecule has 8 heteroatoms. The molecule has 2 aromatic rings. The van der Waals surface area contributed by atoms with E-state index in [1.165, 1.54) is 12.1 Å². The predicted molar refractivity (Wildman–Crippen MR) is 118 cm³/mol. The van der Waals surface area contributed by atoms with Gasteiger partial charge in [-0.25, -0.2) is 9.18 Å². The first-order valence-corrected chi connectivity index (χ1v) is 10.4. The van der Waals surface area contributed by atoms with Crippen LogP contribution in [0.3, 0.4) is 0 Å². The average molecular weight is 452 g/mol. The first-order valence-electron chi connectivity index (χ1n) is 9.60. The second-order valence-electron chi connectivity index (χ2n) is 8.29. The van der Waals surface area contributed by atoms with E-state index in [9.17, 15) is 9.18 Å². The Labute approximate surface area is 185 Å². The molecule has 0 aliphatic carbocycles. The Bertz CT molecular complexity index is 960. The van der Waals surface area contributed by atoms with Crippen LogP contribution in [0.2, 0.25) is 10.0 Å². The highest BCUT2D eigenvalue weighted by molar-refractivity contribution is 6.42. The number of amides is 2. The summed E-state index contributed by atoms with van der Waals surface area (Å²) in [6.07, 6.45) is 0.189. The van der Waals surface area contributed by atoms with E-state index in [4.69, 9.17) is 28.0 Å². The fraction of sp³-hybridized carbons (Fsp3) is 0.364. The molecule has 0 unspecified atom stereocenters. The summed E-state index contributed by atoms with van der Waals surface area (Å²) in [6.45, 7) is 6.27. The number of carbonyl (C=O) groups excluding carboxylic acids is 1. The molecule has 0 aromatic heterocycles. The fourth-order valence-electron chi connectivity index (χ4n) is 3.09. The lowest BCUT2D eigenvalue weighted by atomic mass is 10.0. The van der Waals surface area contributed by atoms with Gasteiger partial charge in [0.1, 0.15) is 5.82 Å². The fourth-order valence-corrected chi connectivity index (χ4v) is 3.39. The van der Waals surface area contributed by atoms with Gasteiger partial charge in [0.15, 0.2) is 6.10 Å². The average Bonchev–Trinajstić information content (AvgIpc) is 3.11. The molecule has 0 saturated carbocycles. The van der Waals surface area contributed by atoms with Crippen molar-refractivity contribution in [3.05, 3.63) is 69.5 Å². The highest BCUT2D eigenvalue weighted by atomic mass is 35.5. The Kier molecular flexibility index (Phi) is 6.88. The highest BCUT2D eigenvalue weighted by Gasteiger charge is 2.28. The largest absolute Gasteiger partial charge is 0.390 e. The second kappa shape index (κ2) is 9.23. The van der Waals surface area contributed by atoms with Gasteiger partial charge in [-0.3, -0.25) is 0 Å². The molecule has 1 aliphatic heterocycles. The van der Waals surface area contributed by atoms with Gasteiger partial charge in [0.05, 0.1) is 22.3 Å². The van der Waals surface area contributed by atoms with Crippen molar-refractivity contribution >= 4 is 34.9 Å². The van der Waals surface area contributed by atoms with Gasteiger partial charge in [-0.15, -0.1) is 0 Å². The Balaban J connectivity index is 1.71. The summed E-state index contributed by atoms with van der Waals surface area (Å²) in [6, 6.07) is 11.2. The maximum Gasteiger partial charge on any atom is 0.318 e. The lowest BCUT2D eigenvalue weighted by Crippen LogP contribution is -2.50. The van der Waals surface area contributed by atoms with Crippen LogP contribution in [0.1, 0.15) is 38.3 Å². The molecular weight excluding hydrogens is 428 g/mol. The van der Waals surface area contributed by atoms with E-state index < -0.39 is 5.54 Å². The van der Waals surface area contributed by atoms with Crippen molar-refractivity contribution in [3.8, 4) is 0 Å². The van der Waals surface area contributed by atoms with Crippen molar-refractivity contribution < 1.29 is 14.0 Å². The van der Waals surface area contributed by atoms with Gasteiger partial charge in [0, 0.05) is 24.1 Å². The van der Waals surface area contributed by atoms with Gasteiger partial charge in [0.2, 0.25) is 0 Å². The minimum Gasteiger partial charge on any atom is -0.390 e. The van der Waals surface area contributed by atoms with Crippen molar-refractivity contribution in [2.24, 2.45) is 5.16 Å². The molecular formula is C22H24Cl2FN3O2. The summed E-state index contributed by atoms with van der Waals surface area (Å²) < 4.78 is 13.6. The zero-order valence-corrected chi connectivity index (χ0v) is 18.6. The van der Waals surface area contributed by atoms with Gasteiger partial charge < -0.3 is 15.1 Å². The number of carbonyl (C=O) groups is 1. The monoisotopic (exact) mass is 451 g/mol. The molecule has 3 rings (SSSR count). The van der Waals surface area contributed by atoms with Crippen molar-refractivity contribution in [3.63, 3.8) is 0 Å². The van der Waals surface area contributed by atoms with E-state index >= 15 is 0 Å². The SMILES string of the molecule is CC(C)(C)NC(=O)N(Cc1cccc(F)c1)C[C@H]1CC(c2ccc(Cl)c(Cl)c2)=NO1. The first-order chi connectivity index (χ1) is 14.1. The number of benzene rings is 2. The molecule has 30 heavy (non-hydrogen) atoms. The molecule has 5 nitrogen and oxygen atoms in total. The molecule has 0 radical (unpaired) electrons. The van der Waals surface area contributed by atoms with Crippen LogP contribution in [0.15, 0.2) is 47.6 Å². The van der Waals surface area contributed by atoms with Crippen LogP contribution >= 0.6 is 23.2 Å². The molecule has 1 heterocycles. The molecule has 2 amide bonds. The molecule has 1 aliphatic rings. The molecule has 0 fully saturated rings. The molecule has 1 atom stereocenters. The second-order valence-corrected chi connectivity index (χ2v) is 9.10. The number of hydrogen-bond donors (Lipinski definition) is 1. The quantitative estimate of drug-likeness (QED) is 0.639. The van der Waals surface area contributed by atoms with Crippen LogP contribution in [0.4, 0.5) is 9.18 Å². The van der Waals surface area contributed by atoms with E-state index in [0.717, 1.165) is 11.3 Å². The van der Waals surface area contributed by atoms with Crippen LogP contribution in [0, 0.1) is 5.82 Å². The summed E-state index contributed by atoms with van der Waals surface area (Å²) in [5.74, 6) is -0.342. The van der Waals surface area contributed by atoms with Gasteiger partial charge >= 0.3 is 6.03 Å². The van der Waals surface area contributed by atoms with Crippen molar-refractivity contribution in [2.75, 3.05) is 6.54 Å². The zero-order chi connectivity index (χ0) is 21.9. The molecule has 0 spiro atoms. The minimum atomic E-state index is -0.407. The van der Waals surface area contributed by atoms with Crippen LogP contribution in [0.5, 0.6) is 0 Å². The van der Waals surface area contributed by atoms with Crippen LogP contribution < -0.4 is 5.32 Å². The van der Waals surface area contributed by atoms with E-state index in [1.54, 1.807) is 29.2 Å². The van der Waals surface area contributed by atoms with Gasteiger partial charge in [-0.2, -0.15) is 0 Å². The summed E-state index contributed by atoms with van der Waals surface area (Å²) in [5.41, 5.74) is 1.85. The van der Waals surface area contributed by atoms with Crippen LogP contribution in [0.25, 0.3) is 0 Å². The smallest absolute Gasteiger partial charge is 0.318 e. The van der Waals surface area contributed by atoms with Crippen molar-refractivity contribution in [1.29, 1.82) is 0 Å². The zero-order valence-electron chi connectivity index (χ0n) is 17.1. The number of oxime groups is 1. The Hall–Kier alpha value is -2.31.